The molecule has 1 aromatic rings. The van der Waals surface area contributed by atoms with Crippen LogP contribution in [0, 0.1) is 0 Å². The van der Waals surface area contributed by atoms with Crippen molar-refractivity contribution in [1.82, 2.24) is 10.2 Å². The number of halogens is 1. The topological polar surface area (TPSA) is 58.1 Å². The Morgan fingerprint density at radius 2 is 1.92 bits per heavy atom. The van der Waals surface area contributed by atoms with Crippen molar-refractivity contribution in [1.29, 1.82) is 0 Å². The first kappa shape index (κ1) is 22.8. The third-order valence-corrected chi connectivity index (χ3v) is 3.97. The first-order chi connectivity index (χ1) is 11.0. The van der Waals surface area contributed by atoms with Gasteiger partial charge in [0.25, 0.3) is 0 Å². The normalized spacial score (nSPS) is 12.4. The zero-order valence-electron chi connectivity index (χ0n) is 15.5. The number of aliphatic imine (C=N–C) groups is 1. The highest BCUT2D eigenvalue weighted by Gasteiger charge is 2.08. The monoisotopic (exact) mass is 450 g/mol. The van der Waals surface area contributed by atoms with Crippen molar-refractivity contribution < 1.29 is 9.47 Å². The van der Waals surface area contributed by atoms with Gasteiger partial charge in [0.15, 0.2) is 17.5 Å². The molecule has 2 N–H and O–H groups in total. The zero-order valence-corrected chi connectivity index (χ0v) is 17.9. The minimum Gasteiger partial charge on any atom is -0.493 e. The molecule has 0 aromatic heterocycles. The van der Waals surface area contributed by atoms with Gasteiger partial charge in [-0.05, 0) is 32.5 Å². The summed E-state index contributed by atoms with van der Waals surface area (Å²) in [5.74, 6) is 2.12. The van der Waals surface area contributed by atoms with Crippen LogP contribution < -0.4 is 20.1 Å². The first-order valence-corrected chi connectivity index (χ1v) is 7.95. The molecule has 138 valence electrons. The van der Waals surface area contributed by atoms with E-state index in [0.29, 0.717) is 17.5 Å². The number of nitrogens with one attached hydrogen (secondary N) is 2. The molecule has 0 aliphatic carbocycles. The van der Waals surface area contributed by atoms with Gasteiger partial charge in [0.05, 0.1) is 14.2 Å². The zero-order chi connectivity index (χ0) is 17.2. The van der Waals surface area contributed by atoms with E-state index in [1.807, 2.05) is 18.2 Å². The van der Waals surface area contributed by atoms with Gasteiger partial charge in [0, 0.05) is 37.9 Å². The molecule has 0 saturated heterocycles. The molecule has 1 rings (SSSR count). The Labute approximate surface area is 163 Å². The van der Waals surface area contributed by atoms with Crippen LogP contribution in [-0.4, -0.2) is 58.3 Å². The summed E-state index contributed by atoms with van der Waals surface area (Å²) in [6.07, 6.45) is 1.15. The van der Waals surface area contributed by atoms with E-state index in [9.17, 15) is 0 Å². The van der Waals surface area contributed by atoms with Gasteiger partial charge in [-0.2, -0.15) is 0 Å². The second-order valence-corrected chi connectivity index (χ2v) is 5.43. The Bertz CT molecular complexity index is 511. The molecule has 0 radical (unpaired) electrons. The summed E-state index contributed by atoms with van der Waals surface area (Å²) in [5, 5.41) is 6.58. The summed E-state index contributed by atoms with van der Waals surface area (Å²) in [7, 11) is 7.15. The summed E-state index contributed by atoms with van der Waals surface area (Å²) >= 11 is 0. The van der Waals surface area contributed by atoms with Gasteiger partial charge in [0.1, 0.15) is 0 Å². The van der Waals surface area contributed by atoms with Gasteiger partial charge in [-0.25, -0.2) is 0 Å². The Morgan fingerprint density at radius 3 is 2.46 bits per heavy atom. The number of likely N-dealkylation sites (N-methyl/N-ethyl adjacent to an activating group) is 1. The fraction of sp³-hybridized carbons (Fsp3) is 0.588. The van der Waals surface area contributed by atoms with Crippen LogP contribution in [0.5, 0.6) is 11.5 Å². The van der Waals surface area contributed by atoms with Crippen LogP contribution in [0.25, 0.3) is 0 Å². The maximum Gasteiger partial charge on any atom is 0.195 e. The van der Waals surface area contributed by atoms with Crippen LogP contribution in [0.1, 0.15) is 20.3 Å². The number of ether oxygens (including phenoxy) is 2. The predicted octanol–water partition coefficient (Wildman–Crippen LogP) is 3.04. The predicted molar refractivity (Wildman–Crippen MR) is 112 cm³/mol. The van der Waals surface area contributed by atoms with Crippen molar-refractivity contribution >= 4 is 35.6 Å². The number of benzene rings is 1. The van der Waals surface area contributed by atoms with E-state index in [2.05, 4.69) is 41.4 Å². The molecule has 24 heavy (non-hydrogen) atoms. The van der Waals surface area contributed by atoms with Gasteiger partial charge < -0.3 is 25.0 Å². The van der Waals surface area contributed by atoms with E-state index in [-0.39, 0.29) is 24.0 Å². The lowest BCUT2D eigenvalue weighted by atomic mass is 10.2. The summed E-state index contributed by atoms with van der Waals surface area (Å²) in [5.41, 5.74) is 0.894. The fourth-order valence-electron chi connectivity index (χ4n) is 2.11. The lowest BCUT2D eigenvalue weighted by molar-refractivity contribution is 0.256. The molecule has 0 fully saturated rings. The molecule has 0 amide bonds. The highest BCUT2D eigenvalue weighted by atomic mass is 127. The summed E-state index contributed by atoms with van der Waals surface area (Å²) in [4.78, 5) is 6.58. The Hall–Kier alpha value is -1.22. The van der Waals surface area contributed by atoms with Crippen molar-refractivity contribution in [3.05, 3.63) is 18.2 Å². The quantitative estimate of drug-likeness (QED) is 0.362. The van der Waals surface area contributed by atoms with Gasteiger partial charge in [-0.15, -0.1) is 24.0 Å². The Kier molecular flexibility index (Phi) is 11.6. The van der Waals surface area contributed by atoms with Gasteiger partial charge in [-0.3, -0.25) is 4.99 Å². The average Bonchev–Trinajstić information content (AvgIpc) is 2.59. The van der Waals surface area contributed by atoms with Crippen LogP contribution in [0.4, 0.5) is 5.69 Å². The SMILES string of the molecule is CCC(C)N(C)CCNC(=NC)Nc1ccc(OC)c(OC)c1.I. The molecule has 0 aliphatic rings. The first-order valence-electron chi connectivity index (χ1n) is 7.95. The second-order valence-electron chi connectivity index (χ2n) is 5.43. The standard InChI is InChI=1S/C17H30N4O2.HI/c1-7-13(2)21(4)11-10-19-17(18-3)20-14-8-9-15(22-5)16(12-14)23-6;/h8-9,12-13H,7,10-11H2,1-6H3,(H2,18,19,20);1H. The van der Waals surface area contributed by atoms with Crippen molar-refractivity contribution in [3.8, 4) is 11.5 Å². The number of hydrogen-bond donors (Lipinski definition) is 2. The number of anilines is 1. The van der Waals surface area contributed by atoms with E-state index < -0.39 is 0 Å². The average molecular weight is 450 g/mol. The highest BCUT2D eigenvalue weighted by molar-refractivity contribution is 14.0. The van der Waals surface area contributed by atoms with Crippen LogP contribution in [0.2, 0.25) is 0 Å². The molecule has 0 aliphatic heterocycles. The van der Waals surface area contributed by atoms with Crippen molar-refractivity contribution in [2.24, 2.45) is 4.99 Å². The largest absolute Gasteiger partial charge is 0.493 e. The number of methoxy groups -OCH3 is 2. The Balaban J connectivity index is 0.00000529. The molecule has 0 bridgehead atoms. The third-order valence-electron chi connectivity index (χ3n) is 3.97. The molecular formula is C17H31IN4O2. The van der Waals surface area contributed by atoms with Crippen LogP contribution in [-0.2, 0) is 0 Å². The van der Waals surface area contributed by atoms with Crippen molar-refractivity contribution in [2.75, 3.05) is 46.7 Å². The van der Waals surface area contributed by atoms with Gasteiger partial charge in [-0.1, -0.05) is 6.92 Å². The lowest BCUT2D eigenvalue weighted by Gasteiger charge is -2.24. The summed E-state index contributed by atoms with van der Waals surface area (Å²) < 4.78 is 10.6. The molecule has 1 unspecified atom stereocenters. The molecule has 7 heteroatoms. The molecule has 6 nitrogen and oxygen atoms in total. The number of rotatable bonds is 8. The highest BCUT2D eigenvalue weighted by Crippen LogP contribution is 2.29. The third kappa shape index (κ3) is 7.12. The fourth-order valence-corrected chi connectivity index (χ4v) is 2.11. The van der Waals surface area contributed by atoms with E-state index in [0.717, 1.165) is 31.2 Å². The van der Waals surface area contributed by atoms with E-state index in [1.165, 1.54) is 0 Å². The van der Waals surface area contributed by atoms with E-state index >= 15 is 0 Å². The van der Waals surface area contributed by atoms with E-state index in [4.69, 9.17) is 9.47 Å². The summed E-state index contributed by atoms with van der Waals surface area (Å²) in [6.45, 7) is 6.22. The molecule has 1 aromatic carbocycles. The molecule has 0 heterocycles. The lowest BCUT2D eigenvalue weighted by Crippen LogP contribution is -2.39. The second kappa shape index (κ2) is 12.2. The molecule has 1 atom stereocenters. The minimum atomic E-state index is 0. The number of nitrogens with zero attached hydrogens (tertiary/aromatic N) is 2. The molecule has 0 saturated carbocycles. The van der Waals surface area contributed by atoms with Crippen LogP contribution in [0.3, 0.4) is 0 Å². The molecular weight excluding hydrogens is 419 g/mol. The summed E-state index contributed by atoms with van der Waals surface area (Å²) in [6, 6.07) is 6.26. The van der Waals surface area contributed by atoms with E-state index in [1.54, 1.807) is 21.3 Å². The van der Waals surface area contributed by atoms with Crippen molar-refractivity contribution in [3.63, 3.8) is 0 Å². The number of guanidine groups is 1. The molecule has 0 spiro atoms. The maximum absolute atomic E-state index is 5.31. The Morgan fingerprint density at radius 1 is 1.25 bits per heavy atom. The van der Waals surface area contributed by atoms with Crippen LogP contribution >= 0.6 is 24.0 Å². The maximum atomic E-state index is 5.31. The van der Waals surface area contributed by atoms with Gasteiger partial charge in [0.2, 0.25) is 0 Å². The smallest absolute Gasteiger partial charge is 0.195 e. The van der Waals surface area contributed by atoms with Crippen LogP contribution in [0.15, 0.2) is 23.2 Å². The number of hydrogen-bond acceptors (Lipinski definition) is 4. The minimum absolute atomic E-state index is 0. The van der Waals surface area contributed by atoms with Gasteiger partial charge >= 0.3 is 0 Å². The van der Waals surface area contributed by atoms with Crippen molar-refractivity contribution in [2.45, 2.75) is 26.3 Å².